The van der Waals surface area contributed by atoms with Crippen LogP contribution in [0.3, 0.4) is 0 Å². The van der Waals surface area contributed by atoms with Gasteiger partial charge in [-0.25, -0.2) is 9.97 Å². The van der Waals surface area contributed by atoms with Gasteiger partial charge >= 0.3 is 0 Å². The summed E-state index contributed by atoms with van der Waals surface area (Å²) in [5.41, 5.74) is 4.61. The molecule has 0 atom stereocenters. The van der Waals surface area contributed by atoms with Crippen LogP contribution < -0.4 is 10.2 Å². The van der Waals surface area contributed by atoms with Gasteiger partial charge in [-0.3, -0.25) is 4.90 Å². The number of hydrogen-bond acceptors (Lipinski definition) is 5. The molecule has 0 aliphatic carbocycles. The van der Waals surface area contributed by atoms with Crippen LogP contribution >= 0.6 is 0 Å². The SMILES string of the molecule is c1ccc(CN2CCN(c3ccc(Nc4cncnc4)cc3)CC2)cc1. The van der Waals surface area contributed by atoms with Crippen molar-refractivity contribution in [2.45, 2.75) is 6.54 Å². The van der Waals surface area contributed by atoms with Crippen molar-refractivity contribution in [2.24, 2.45) is 0 Å². The van der Waals surface area contributed by atoms with Crippen LogP contribution in [0, 0.1) is 0 Å². The van der Waals surface area contributed by atoms with Gasteiger partial charge in [0.05, 0.1) is 18.1 Å². The van der Waals surface area contributed by atoms with Gasteiger partial charge in [0.15, 0.2) is 0 Å². The average Bonchev–Trinajstić information content (AvgIpc) is 2.71. The summed E-state index contributed by atoms with van der Waals surface area (Å²) < 4.78 is 0. The fourth-order valence-corrected chi connectivity index (χ4v) is 3.29. The topological polar surface area (TPSA) is 44.3 Å². The van der Waals surface area contributed by atoms with Crippen molar-refractivity contribution in [3.63, 3.8) is 0 Å². The molecule has 0 spiro atoms. The van der Waals surface area contributed by atoms with Gasteiger partial charge in [0.1, 0.15) is 6.33 Å². The molecule has 132 valence electrons. The highest BCUT2D eigenvalue weighted by molar-refractivity contribution is 5.61. The van der Waals surface area contributed by atoms with Crippen molar-refractivity contribution in [1.82, 2.24) is 14.9 Å². The van der Waals surface area contributed by atoms with Crippen LogP contribution in [0.2, 0.25) is 0 Å². The van der Waals surface area contributed by atoms with E-state index in [0.717, 1.165) is 44.1 Å². The Bertz CT molecular complexity index is 797. The molecule has 4 rings (SSSR count). The van der Waals surface area contributed by atoms with E-state index in [1.165, 1.54) is 17.6 Å². The maximum absolute atomic E-state index is 4.02. The van der Waals surface area contributed by atoms with Gasteiger partial charge in [-0.05, 0) is 29.8 Å². The van der Waals surface area contributed by atoms with Gasteiger partial charge in [0, 0.05) is 44.1 Å². The summed E-state index contributed by atoms with van der Waals surface area (Å²) in [6.07, 6.45) is 5.07. The fourth-order valence-electron chi connectivity index (χ4n) is 3.29. The van der Waals surface area contributed by atoms with E-state index in [2.05, 4.69) is 79.7 Å². The lowest BCUT2D eigenvalue weighted by Crippen LogP contribution is -2.45. The van der Waals surface area contributed by atoms with Gasteiger partial charge in [0.2, 0.25) is 0 Å². The summed E-state index contributed by atoms with van der Waals surface area (Å²) in [6.45, 7) is 5.35. The first-order chi connectivity index (χ1) is 12.9. The average molecular weight is 345 g/mol. The summed E-state index contributed by atoms with van der Waals surface area (Å²) in [5, 5.41) is 3.32. The van der Waals surface area contributed by atoms with Crippen molar-refractivity contribution < 1.29 is 0 Å². The van der Waals surface area contributed by atoms with Gasteiger partial charge < -0.3 is 10.2 Å². The predicted octanol–water partition coefficient (Wildman–Crippen LogP) is 3.54. The summed E-state index contributed by atoms with van der Waals surface area (Å²) in [6, 6.07) is 19.3. The lowest BCUT2D eigenvalue weighted by molar-refractivity contribution is 0.250. The van der Waals surface area contributed by atoms with Crippen molar-refractivity contribution in [1.29, 1.82) is 0 Å². The maximum Gasteiger partial charge on any atom is 0.115 e. The van der Waals surface area contributed by atoms with Crippen molar-refractivity contribution in [2.75, 3.05) is 36.4 Å². The normalized spacial score (nSPS) is 15.0. The smallest absolute Gasteiger partial charge is 0.115 e. The molecule has 0 amide bonds. The van der Waals surface area contributed by atoms with Crippen LogP contribution in [0.15, 0.2) is 73.3 Å². The Hall–Kier alpha value is -2.92. The number of nitrogens with zero attached hydrogens (tertiary/aromatic N) is 4. The minimum absolute atomic E-state index is 0.898. The zero-order valence-corrected chi connectivity index (χ0v) is 14.8. The van der Waals surface area contributed by atoms with Gasteiger partial charge in [-0.2, -0.15) is 0 Å². The molecular formula is C21H23N5. The van der Waals surface area contributed by atoms with Crippen LogP contribution in [0.1, 0.15) is 5.56 Å². The van der Waals surface area contributed by atoms with E-state index in [1.54, 1.807) is 12.4 Å². The van der Waals surface area contributed by atoms with Gasteiger partial charge in [-0.1, -0.05) is 30.3 Å². The second-order valence-corrected chi connectivity index (χ2v) is 6.55. The Labute approximate surface area is 154 Å². The zero-order chi connectivity index (χ0) is 17.6. The highest BCUT2D eigenvalue weighted by atomic mass is 15.3. The van der Waals surface area contributed by atoms with Gasteiger partial charge in [0.25, 0.3) is 0 Å². The summed E-state index contributed by atoms with van der Waals surface area (Å²) in [5.74, 6) is 0. The number of piperazine rings is 1. The number of hydrogen-bond donors (Lipinski definition) is 1. The second kappa shape index (κ2) is 7.97. The molecule has 1 aliphatic heterocycles. The number of aromatic nitrogens is 2. The largest absolute Gasteiger partial charge is 0.369 e. The minimum atomic E-state index is 0.898. The van der Waals surface area contributed by atoms with E-state index in [-0.39, 0.29) is 0 Å². The molecule has 1 saturated heterocycles. The first kappa shape index (κ1) is 16.5. The minimum Gasteiger partial charge on any atom is -0.369 e. The summed E-state index contributed by atoms with van der Waals surface area (Å²) in [7, 11) is 0. The molecule has 1 fully saturated rings. The molecule has 0 bridgehead atoms. The van der Waals surface area contributed by atoms with E-state index in [9.17, 15) is 0 Å². The molecule has 5 heteroatoms. The quantitative estimate of drug-likeness (QED) is 0.766. The molecule has 0 radical (unpaired) electrons. The molecule has 3 aromatic rings. The lowest BCUT2D eigenvalue weighted by Gasteiger charge is -2.36. The van der Waals surface area contributed by atoms with Crippen LogP contribution in [0.4, 0.5) is 17.1 Å². The third-order valence-corrected chi connectivity index (χ3v) is 4.70. The Morgan fingerprint density at radius 1 is 0.769 bits per heavy atom. The second-order valence-electron chi connectivity index (χ2n) is 6.55. The van der Waals surface area contributed by atoms with E-state index in [1.807, 2.05) is 0 Å². The molecule has 5 nitrogen and oxygen atoms in total. The summed E-state index contributed by atoms with van der Waals surface area (Å²) in [4.78, 5) is 13.0. The van der Waals surface area contributed by atoms with Crippen LogP contribution in [-0.4, -0.2) is 41.0 Å². The highest BCUT2D eigenvalue weighted by Crippen LogP contribution is 2.22. The van der Waals surface area contributed by atoms with Crippen molar-refractivity contribution in [3.8, 4) is 0 Å². The molecule has 0 unspecified atom stereocenters. The Morgan fingerprint density at radius 2 is 1.46 bits per heavy atom. The Kier molecular flexibility index (Phi) is 5.07. The molecule has 2 heterocycles. The monoisotopic (exact) mass is 345 g/mol. The third-order valence-electron chi connectivity index (χ3n) is 4.70. The first-order valence-electron chi connectivity index (χ1n) is 9.00. The zero-order valence-electron chi connectivity index (χ0n) is 14.8. The summed E-state index contributed by atoms with van der Waals surface area (Å²) >= 11 is 0. The Morgan fingerprint density at radius 3 is 2.15 bits per heavy atom. The van der Waals surface area contributed by atoms with Gasteiger partial charge in [-0.15, -0.1) is 0 Å². The van der Waals surface area contributed by atoms with E-state index < -0.39 is 0 Å². The molecule has 1 aromatic heterocycles. The molecule has 0 saturated carbocycles. The Balaban J connectivity index is 1.31. The number of benzene rings is 2. The molecule has 2 aromatic carbocycles. The predicted molar refractivity (Wildman–Crippen MR) is 106 cm³/mol. The maximum atomic E-state index is 4.02. The number of rotatable bonds is 5. The molecular weight excluding hydrogens is 322 g/mol. The van der Waals surface area contributed by atoms with Crippen LogP contribution in [0.25, 0.3) is 0 Å². The fraction of sp³-hybridized carbons (Fsp3) is 0.238. The van der Waals surface area contributed by atoms with Crippen LogP contribution in [0.5, 0.6) is 0 Å². The molecule has 1 N–H and O–H groups in total. The molecule has 26 heavy (non-hydrogen) atoms. The van der Waals surface area contributed by atoms with E-state index >= 15 is 0 Å². The van der Waals surface area contributed by atoms with Crippen molar-refractivity contribution >= 4 is 17.1 Å². The lowest BCUT2D eigenvalue weighted by atomic mass is 10.2. The third kappa shape index (κ3) is 4.18. The van der Waals surface area contributed by atoms with E-state index in [0.29, 0.717) is 0 Å². The number of anilines is 3. The van der Waals surface area contributed by atoms with Crippen molar-refractivity contribution in [3.05, 3.63) is 78.9 Å². The first-order valence-corrected chi connectivity index (χ1v) is 9.00. The highest BCUT2D eigenvalue weighted by Gasteiger charge is 2.17. The molecule has 1 aliphatic rings. The standard InChI is InChI=1S/C21H23N5/c1-2-4-18(5-3-1)16-25-10-12-26(13-11-25)21-8-6-19(7-9-21)24-20-14-22-17-23-15-20/h1-9,14-15,17,24H,10-13,16H2. The van der Waals surface area contributed by atoms with E-state index in [4.69, 9.17) is 0 Å². The number of nitrogens with one attached hydrogen (secondary N) is 1. The van der Waals surface area contributed by atoms with Crippen LogP contribution in [-0.2, 0) is 6.54 Å².